The Labute approximate surface area is 122 Å². The van der Waals surface area contributed by atoms with E-state index in [2.05, 4.69) is 21.2 Å². The van der Waals surface area contributed by atoms with Crippen LogP contribution in [0.2, 0.25) is 0 Å². The van der Waals surface area contributed by atoms with Gasteiger partial charge < -0.3 is 10.4 Å². The Hall–Kier alpha value is -1.08. The van der Waals surface area contributed by atoms with Crippen molar-refractivity contribution in [3.63, 3.8) is 0 Å². The first kappa shape index (κ1) is 16.0. The van der Waals surface area contributed by atoms with E-state index in [1.54, 1.807) is 0 Å². The fourth-order valence-corrected chi connectivity index (χ4v) is 2.43. The van der Waals surface area contributed by atoms with Gasteiger partial charge in [-0.1, -0.05) is 6.07 Å². The molecular weight excluding hydrogens is 337 g/mol. The predicted molar refractivity (Wildman–Crippen MR) is 76.0 cm³/mol. The zero-order chi connectivity index (χ0) is 14.4. The first-order chi connectivity index (χ1) is 8.97. The van der Waals surface area contributed by atoms with Crippen LogP contribution in [0.25, 0.3) is 0 Å². The molecule has 0 aliphatic heterocycles. The number of nitrogens with one attached hydrogen (secondary N) is 1. The van der Waals surface area contributed by atoms with Gasteiger partial charge >= 0.3 is 5.97 Å². The fraction of sp³-hybridized carbons (Fsp3) is 0.333. The van der Waals surface area contributed by atoms with Gasteiger partial charge in [0.25, 0.3) is 5.91 Å². The van der Waals surface area contributed by atoms with Crippen LogP contribution in [0.3, 0.4) is 0 Å². The van der Waals surface area contributed by atoms with Crippen molar-refractivity contribution in [2.75, 3.05) is 12.0 Å². The standard InChI is InChI=1S/C12H13BrFNO3S/c1-19-6-5-9(12(17)18)15-11(16)10-7(13)3-2-4-8(10)14/h2-4,9H,5-6H2,1H3,(H,15,16)(H,17,18)/t9-/m1/s1. The monoisotopic (exact) mass is 349 g/mol. The van der Waals surface area contributed by atoms with Crippen LogP contribution >= 0.6 is 27.7 Å². The molecule has 1 atom stereocenters. The van der Waals surface area contributed by atoms with Crippen molar-refractivity contribution >= 4 is 39.6 Å². The maximum absolute atomic E-state index is 13.6. The van der Waals surface area contributed by atoms with Crippen LogP contribution in [-0.2, 0) is 4.79 Å². The van der Waals surface area contributed by atoms with E-state index in [9.17, 15) is 14.0 Å². The molecule has 0 spiro atoms. The van der Waals surface area contributed by atoms with E-state index >= 15 is 0 Å². The molecule has 0 saturated carbocycles. The number of halogens is 2. The van der Waals surface area contributed by atoms with Gasteiger partial charge in [-0.05, 0) is 46.5 Å². The lowest BCUT2D eigenvalue weighted by atomic mass is 10.1. The van der Waals surface area contributed by atoms with Crippen LogP contribution in [0.1, 0.15) is 16.8 Å². The Bertz CT molecular complexity index is 464. The van der Waals surface area contributed by atoms with Gasteiger partial charge in [-0.2, -0.15) is 11.8 Å². The Balaban J connectivity index is 2.85. The normalized spacial score (nSPS) is 11.9. The molecule has 0 saturated heterocycles. The number of carbonyl (C=O) groups is 2. The molecule has 104 valence electrons. The molecule has 0 aliphatic rings. The van der Waals surface area contributed by atoms with Crippen LogP contribution < -0.4 is 5.32 Å². The largest absolute Gasteiger partial charge is 0.480 e. The van der Waals surface area contributed by atoms with E-state index in [4.69, 9.17) is 5.11 Å². The summed E-state index contributed by atoms with van der Waals surface area (Å²) >= 11 is 4.55. The number of aliphatic carboxylic acids is 1. The highest BCUT2D eigenvalue weighted by atomic mass is 79.9. The number of thioether (sulfide) groups is 1. The van der Waals surface area contributed by atoms with E-state index in [0.29, 0.717) is 10.2 Å². The number of rotatable bonds is 6. The van der Waals surface area contributed by atoms with Gasteiger partial charge in [0.1, 0.15) is 11.9 Å². The fourth-order valence-electron chi connectivity index (χ4n) is 1.44. The first-order valence-electron chi connectivity index (χ1n) is 5.44. The quantitative estimate of drug-likeness (QED) is 0.828. The van der Waals surface area contributed by atoms with E-state index in [1.807, 2.05) is 6.26 Å². The van der Waals surface area contributed by atoms with Crippen molar-refractivity contribution in [1.82, 2.24) is 5.32 Å². The van der Waals surface area contributed by atoms with Crippen LogP contribution in [0.4, 0.5) is 4.39 Å². The average molecular weight is 350 g/mol. The third-order valence-electron chi connectivity index (χ3n) is 2.40. The Morgan fingerprint density at radius 1 is 1.53 bits per heavy atom. The number of hydrogen-bond donors (Lipinski definition) is 2. The third kappa shape index (κ3) is 4.50. The summed E-state index contributed by atoms with van der Waals surface area (Å²) in [4.78, 5) is 22.9. The molecule has 19 heavy (non-hydrogen) atoms. The summed E-state index contributed by atoms with van der Waals surface area (Å²) in [5.74, 6) is -1.97. The van der Waals surface area contributed by atoms with Gasteiger partial charge in [-0.3, -0.25) is 4.79 Å². The molecule has 7 heteroatoms. The smallest absolute Gasteiger partial charge is 0.326 e. The van der Waals surface area contributed by atoms with Crippen LogP contribution in [0.15, 0.2) is 22.7 Å². The van der Waals surface area contributed by atoms with Crippen molar-refractivity contribution in [3.05, 3.63) is 34.1 Å². The van der Waals surface area contributed by atoms with Crippen LogP contribution in [-0.4, -0.2) is 35.0 Å². The molecule has 2 N–H and O–H groups in total. The lowest BCUT2D eigenvalue weighted by Crippen LogP contribution is -2.41. The number of carboxylic acid groups (broad SMARTS) is 1. The summed E-state index contributed by atoms with van der Waals surface area (Å²) in [6.07, 6.45) is 2.13. The average Bonchev–Trinajstić information content (AvgIpc) is 2.33. The van der Waals surface area contributed by atoms with E-state index in [0.717, 1.165) is 6.07 Å². The van der Waals surface area contributed by atoms with E-state index in [1.165, 1.54) is 23.9 Å². The third-order valence-corrected chi connectivity index (χ3v) is 3.71. The highest BCUT2D eigenvalue weighted by Gasteiger charge is 2.23. The second-order valence-electron chi connectivity index (χ2n) is 3.74. The topological polar surface area (TPSA) is 66.4 Å². The number of carbonyl (C=O) groups excluding carboxylic acids is 1. The van der Waals surface area contributed by atoms with Crippen molar-refractivity contribution in [3.8, 4) is 0 Å². The summed E-state index contributed by atoms with van der Waals surface area (Å²) < 4.78 is 13.9. The first-order valence-corrected chi connectivity index (χ1v) is 7.62. The van der Waals surface area contributed by atoms with Gasteiger partial charge in [0.15, 0.2) is 0 Å². The molecule has 1 aromatic carbocycles. The van der Waals surface area contributed by atoms with E-state index < -0.39 is 23.7 Å². The molecule has 0 aromatic heterocycles. The number of carboxylic acids is 1. The maximum atomic E-state index is 13.6. The van der Waals surface area contributed by atoms with Gasteiger partial charge in [0.05, 0.1) is 5.56 Å². The Kier molecular flexibility index (Phi) is 6.30. The molecule has 1 amide bonds. The lowest BCUT2D eigenvalue weighted by Gasteiger charge is -2.14. The minimum absolute atomic E-state index is 0.182. The van der Waals surface area contributed by atoms with Gasteiger partial charge in [-0.15, -0.1) is 0 Å². The minimum Gasteiger partial charge on any atom is -0.480 e. The van der Waals surface area contributed by atoms with Crippen LogP contribution in [0.5, 0.6) is 0 Å². The molecule has 0 radical (unpaired) electrons. The molecular formula is C12H13BrFNO3S. The molecule has 0 heterocycles. The SMILES string of the molecule is CSCC[C@@H](NC(=O)c1c(F)cccc1Br)C(=O)O. The summed E-state index contributed by atoms with van der Waals surface area (Å²) in [5.41, 5.74) is -0.182. The van der Waals surface area contributed by atoms with Crippen molar-refractivity contribution in [2.24, 2.45) is 0 Å². The highest BCUT2D eigenvalue weighted by molar-refractivity contribution is 9.10. The molecule has 0 bridgehead atoms. The summed E-state index contributed by atoms with van der Waals surface area (Å²) in [6, 6.07) is 3.11. The predicted octanol–water partition coefficient (Wildman–Crippen LogP) is 2.52. The number of benzene rings is 1. The van der Waals surface area contributed by atoms with Gasteiger partial charge in [0, 0.05) is 4.47 Å². The Morgan fingerprint density at radius 3 is 2.74 bits per heavy atom. The second-order valence-corrected chi connectivity index (χ2v) is 5.58. The second kappa shape index (κ2) is 7.49. The number of amides is 1. The number of hydrogen-bond acceptors (Lipinski definition) is 3. The summed E-state index contributed by atoms with van der Waals surface area (Å²) in [6.45, 7) is 0. The minimum atomic E-state index is -1.13. The van der Waals surface area contributed by atoms with E-state index in [-0.39, 0.29) is 12.0 Å². The van der Waals surface area contributed by atoms with Crippen molar-refractivity contribution in [1.29, 1.82) is 0 Å². The highest BCUT2D eigenvalue weighted by Crippen LogP contribution is 2.19. The maximum Gasteiger partial charge on any atom is 0.326 e. The zero-order valence-electron chi connectivity index (χ0n) is 10.2. The van der Waals surface area contributed by atoms with Crippen molar-refractivity contribution in [2.45, 2.75) is 12.5 Å². The molecule has 0 fully saturated rings. The van der Waals surface area contributed by atoms with Crippen molar-refractivity contribution < 1.29 is 19.1 Å². The summed E-state index contributed by atoms with van der Waals surface area (Å²) in [5, 5.41) is 11.3. The molecule has 1 rings (SSSR count). The lowest BCUT2D eigenvalue weighted by molar-refractivity contribution is -0.139. The molecule has 1 aromatic rings. The molecule has 0 unspecified atom stereocenters. The van der Waals surface area contributed by atoms with Gasteiger partial charge in [-0.25, -0.2) is 9.18 Å². The summed E-state index contributed by atoms with van der Waals surface area (Å²) in [7, 11) is 0. The van der Waals surface area contributed by atoms with Gasteiger partial charge in [0.2, 0.25) is 0 Å². The molecule has 0 aliphatic carbocycles. The van der Waals surface area contributed by atoms with Crippen LogP contribution in [0, 0.1) is 5.82 Å². The zero-order valence-corrected chi connectivity index (χ0v) is 12.6. The Morgan fingerprint density at radius 2 is 2.21 bits per heavy atom. The molecule has 4 nitrogen and oxygen atoms in total.